The lowest BCUT2D eigenvalue weighted by Gasteiger charge is -2.07. The van der Waals surface area contributed by atoms with Crippen LogP contribution in [-0.2, 0) is 0 Å². The van der Waals surface area contributed by atoms with E-state index in [1.54, 1.807) is 12.1 Å². The molecular weight excluding hydrogens is 232 g/mol. The summed E-state index contributed by atoms with van der Waals surface area (Å²) in [7, 11) is 0. The van der Waals surface area contributed by atoms with Gasteiger partial charge in [-0.3, -0.25) is 0 Å². The van der Waals surface area contributed by atoms with Gasteiger partial charge in [0.05, 0.1) is 0 Å². The van der Waals surface area contributed by atoms with Crippen LogP contribution in [0.15, 0.2) is 45.1 Å². The molecule has 18 heavy (non-hydrogen) atoms. The number of hydrogen-bond acceptors (Lipinski definition) is 4. The number of hydrogen-bond donors (Lipinski definition) is 1. The van der Waals surface area contributed by atoms with E-state index in [4.69, 9.17) is 9.15 Å². The van der Waals surface area contributed by atoms with Crippen molar-refractivity contribution in [2.45, 2.75) is 13.8 Å². The van der Waals surface area contributed by atoms with Gasteiger partial charge in [0.1, 0.15) is 12.2 Å². The van der Waals surface area contributed by atoms with Crippen molar-refractivity contribution < 1.29 is 14.3 Å². The summed E-state index contributed by atoms with van der Waals surface area (Å²) in [6.45, 7) is 4.33. The van der Waals surface area contributed by atoms with Crippen LogP contribution in [0.3, 0.4) is 0 Å². The molecule has 0 aliphatic rings. The van der Waals surface area contributed by atoms with Crippen molar-refractivity contribution in [1.82, 2.24) is 0 Å². The van der Waals surface area contributed by atoms with Crippen molar-refractivity contribution in [3.63, 3.8) is 0 Å². The molecule has 2 aromatic rings. The molecule has 0 saturated carbocycles. The fraction of sp³-hybridized carbons (Fsp3) is 0.214. The van der Waals surface area contributed by atoms with Crippen LogP contribution in [0, 0.1) is 0 Å². The molecule has 1 aromatic heterocycles. The summed E-state index contributed by atoms with van der Waals surface area (Å²) in [6.07, 6.45) is 1.91. The number of rotatable bonds is 3. The standard InChI is InChI=1S/C14H14O4/c1-9(2)5-6-17-13-7-10-3-4-14(16)18-12(10)8-11(13)15/h3-5,7-8,15H,6H2,1-2H3. The number of phenolic OH excluding ortho intramolecular Hbond substituents is 1. The summed E-state index contributed by atoms with van der Waals surface area (Å²) < 4.78 is 10.4. The van der Waals surface area contributed by atoms with E-state index in [1.165, 1.54) is 12.1 Å². The Kier molecular flexibility index (Phi) is 3.37. The molecular formula is C14H14O4. The number of ether oxygens (including phenoxy) is 1. The van der Waals surface area contributed by atoms with Gasteiger partial charge in [0.15, 0.2) is 11.5 Å². The van der Waals surface area contributed by atoms with Crippen LogP contribution in [0.5, 0.6) is 11.5 Å². The molecule has 4 nitrogen and oxygen atoms in total. The van der Waals surface area contributed by atoms with Gasteiger partial charge < -0.3 is 14.3 Å². The molecule has 0 aliphatic carbocycles. The Morgan fingerprint density at radius 2 is 2.17 bits per heavy atom. The van der Waals surface area contributed by atoms with Gasteiger partial charge in [-0.05, 0) is 32.1 Å². The zero-order valence-electron chi connectivity index (χ0n) is 10.3. The second-order valence-corrected chi connectivity index (χ2v) is 4.20. The number of allylic oxidation sites excluding steroid dienone is 1. The van der Waals surface area contributed by atoms with Crippen molar-refractivity contribution in [1.29, 1.82) is 0 Å². The quantitative estimate of drug-likeness (QED) is 0.668. The zero-order valence-corrected chi connectivity index (χ0v) is 10.3. The smallest absolute Gasteiger partial charge is 0.336 e. The lowest BCUT2D eigenvalue weighted by atomic mass is 10.2. The van der Waals surface area contributed by atoms with Gasteiger partial charge in [-0.2, -0.15) is 0 Å². The molecule has 0 radical (unpaired) electrons. The highest BCUT2D eigenvalue weighted by molar-refractivity contribution is 5.80. The molecule has 1 heterocycles. The van der Waals surface area contributed by atoms with E-state index >= 15 is 0 Å². The molecule has 0 spiro atoms. The van der Waals surface area contributed by atoms with Crippen molar-refractivity contribution in [3.05, 3.63) is 46.3 Å². The molecule has 4 heteroatoms. The Balaban J connectivity index is 2.34. The second-order valence-electron chi connectivity index (χ2n) is 4.20. The van der Waals surface area contributed by atoms with Gasteiger partial charge >= 0.3 is 5.63 Å². The Bertz CT molecular complexity index is 648. The van der Waals surface area contributed by atoms with E-state index in [0.717, 1.165) is 5.57 Å². The van der Waals surface area contributed by atoms with Gasteiger partial charge in [-0.1, -0.05) is 5.57 Å². The van der Waals surface area contributed by atoms with Gasteiger partial charge in [0.25, 0.3) is 0 Å². The number of fused-ring (bicyclic) bond motifs is 1. The fourth-order valence-corrected chi connectivity index (χ4v) is 1.50. The minimum absolute atomic E-state index is 0.0426. The third kappa shape index (κ3) is 2.71. The van der Waals surface area contributed by atoms with Crippen molar-refractivity contribution in [3.8, 4) is 11.5 Å². The largest absolute Gasteiger partial charge is 0.504 e. The van der Waals surface area contributed by atoms with Gasteiger partial charge in [0.2, 0.25) is 0 Å². The van der Waals surface area contributed by atoms with Gasteiger partial charge in [-0.25, -0.2) is 4.79 Å². The van der Waals surface area contributed by atoms with Crippen molar-refractivity contribution in [2.24, 2.45) is 0 Å². The van der Waals surface area contributed by atoms with Gasteiger partial charge in [-0.15, -0.1) is 0 Å². The fourth-order valence-electron chi connectivity index (χ4n) is 1.50. The highest BCUT2D eigenvalue weighted by Gasteiger charge is 2.06. The highest BCUT2D eigenvalue weighted by atomic mass is 16.5. The first-order chi connectivity index (χ1) is 8.56. The lowest BCUT2D eigenvalue weighted by Crippen LogP contribution is -1.97. The number of aromatic hydroxyl groups is 1. The van der Waals surface area contributed by atoms with Gasteiger partial charge in [0, 0.05) is 17.5 Å². The number of phenols is 1. The minimum Gasteiger partial charge on any atom is -0.504 e. The highest BCUT2D eigenvalue weighted by Crippen LogP contribution is 2.30. The first kappa shape index (κ1) is 12.2. The predicted octanol–water partition coefficient (Wildman–Crippen LogP) is 2.84. The first-order valence-electron chi connectivity index (χ1n) is 5.59. The molecule has 0 atom stereocenters. The van der Waals surface area contributed by atoms with Crippen LogP contribution in [0.25, 0.3) is 11.0 Å². The summed E-state index contributed by atoms with van der Waals surface area (Å²) in [5, 5.41) is 10.5. The van der Waals surface area contributed by atoms with Crippen LogP contribution in [-0.4, -0.2) is 11.7 Å². The maximum absolute atomic E-state index is 11.0. The molecule has 0 unspecified atom stereocenters. The van der Waals surface area contributed by atoms with Crippen LogP contribution in [0.4, 0.5) is 0 Å². The first-order valence-corrected chi connectivity index (χ1v) is 5.59. The van der Waals surface area contributed by atoms with Crippen LogP contribution in [0.1, 0.15) is 13.8 Å². The molecule has 2 rings (SSSR count). The summed E-state index contributed by atoms with van der Waals surface area (Å²) in [4.78, 5) is 11.0. The predicted molar refractivity (Wildman–Crippen MR) is 69.1 cm³/mol. The monoisotopic (exact) mass is 246 g/mol. The second kappa shape index (κ2) is 4.96. The van der Waals surface area contributed by atoms with Crippen LogP contribution in [0.2, 0.25) is 0 Å². The van der Waals surface area contributed by atoms with Crippen molar-refractivity contribution in [2.75, 3.05) is 6.61 Å². The van der Waals surface area contributed by atoms with E-state index in [0.29, 0.717) is 23.3 Å². The molecule has 1 N–H and O–H groups in total. The summed E-state index contributed by atoms with van der Waals surface area (Å²) in [5.74, 6) is 0.327. The van der Waals surface area contributed by atoms with Crippen molar-refractivity contribution >= 4 is 11.0 Å². The van der Waals surface area contributed by atoms with Crippen LogP contribution >= 0.6 is 0 Å². The Hall–Kier alpha value is -2.23. The SMILES string of the molecule is CC(C)=CCOc1cc2ccc(=O)oc2cc1O. The summed E-state index contributed by atoms with van der Waals surface area (Å²) >= 11 is 0. The van der Waals surface area contributed by atoms with Crippen LogP contribution < -0.4 is 10.4 Å². The Labute approximate surface area is 104 Å². The molecule has 0 bridgehead atoms. The third-order valence-electron chi connectivity index (χ3n) is 2.43. The Morgan fingerprint density at radius 1 is 1.39 bits per heavy atom. The molecule has 1 aromatic carbocycles. The average Bonchev–Trinajstić information content (AvgIpc) is 2.29. The lowest BCUT2D eigenvalue weighted by molar-refractivity contribution is 0.335. The minimum atomic E-state index is -0.444. The summed E-state index contributed by atoms with van der Waals surface area (Å²) in [6, 6.07) is 5.99. The normalized spacial score (nSPS) is 10.3. The Morgan fingerprint density at radius 3 is 2.89 bits per heavy atom. The zero-order chi connectivity index (χ0) is 13.1. The van der Waals surface area contributed by atoms with E-state index in [2.05, 4.69) is 0 Å². The molecule has 0 amide bonds. The maximum atomic E-state index is 11.0. The molecule has 0 aliphatic heterocycles. The molecule has 94 valence electrons. The maximum Gasteiger partial charge on any atom is 0.336 e. The molecule has 0 fully saturated rings. The van der Waals surface area contributed by atoms with E-state index in [-0.39, 0.29) is 5.75 Å². The van der Waals surface area contributed by atoms with E-state index in [1.807, 2.05) is 19.9 Å². The summed E-state index contributed by atoms with van der Waals surface area (Å²) in [5.41, 5.74) is 1.04. The van der Waals surface area contributed by atoms with E-state index in [9.17, 15) is 9.90 Å². The molecule has 0 saturated heterocycles. The third-order valence-corrected chi connectivity index (χ3v) is 2.43. The topological polar surface area (TPSA) is 59.7 Å². The van der Waals surface area contributed by atoms with E-state index < -0.39 is 5.63 Å². The average molecular weight is 246 g/mol. The number of benzene rings is 1.